The van der Waals surface area contributed by atoms with E-state index in [1.165, 1.54) is 44.3 Å². The molecule has 0 aromatic heterocycles. The zero-order valence-electron chi connectivity index (χ0n) is 12.7. The van der Waals surface area contributed by atoms with E-state index in [1.54, 1.807) is 0 Å². The summed E-state index contributed by atoms with van der Waals surface area (Å²) in [5.74, 6) is 0.978. The zero-order valence-corrected chi connectivity index (χ0v) is 12.7. The van der Waals surface area contributed by atoms with Crippen molar-refractivity contribution in [3.8, 4) is 5.75 Å². The van der Waals surface area contributed by atoms with Gasteiger partial charge in [0, 0.05) is 12.6 Å². The van der Waals surface area contributed by atoms with Gasteiger partial charge in [-0.05, 0) is 50.0 Å². The molecule has 2 N–H and O–H groups in total. The second-order valence-corrected chi connectivity index (χ2v) is 5.62. The van der Waals surface area contributed by atoms with Crippen LogP contribution in [0.5, 0.6) is 5.75 Å². The Kier molecular flexibility index (Phi) is 6.34. The van der Waals surface area contributed by atoms with Gasteiger partial charge in [0.05, 0.1) is 6.61 Å². The lowest BCUT2D eigenvalue weighted by Crippen LogP contribution is -2.37. The van der Waals surface area contributed by atoms with E-state index in [-0.39, 0.29) is 0 Å². The maximum Gasteiger partial charge on any atom is 0.119 e. The van der Waals surface area contributed by atoms with Crippen molar-refractivity contribution in [2.45, 2.75) is 45.1 Å². The van der Waals surface area contributed by atoms with Gasteiger partial charge in [-0.1, -0.05) is 31.9 Å². The molecular formula is C17H28N2O. The molecule has 1 aromatic rings. The number of likely N-dealkylation sites (tertiary alicyclic amines) is 1. The minimum Gasteiger partial charge on any atom is -0.494 e. The number of benzene rings is 1. The normalized spacial score (nSPS) is 17.9. The van der Waals surface area contributed by atoms with Gasteiger partial charge in [0.2, 0.25) is 0 Å². The number of hydrogen-bond acceptors (Lipinski definition) is 3. The van der Waals surface area contributed by atoms with Crippen molar-refractivity contribution in [3.05, 3.63) is 29.8 Å². The summed E-state index contributed by atoms with van der Waals surface area (Å²) < 4.78 is 5.81. The third-order valence-electron chi connectivity index (χ3n) is 4.06. The number of nitrogens with zero attached hydrogens (tertiary/aromatic N) is 1. The van der Waals surface area contributed by atoms with Crippen molar-refractivity contribution in [2.75, 3.05) is 26.2 Å². The second-order valence-electron chi connectivity index (χ2n) is 5.62. The highest BCUT2D eigenvalue weighted by atomic mass is 16.5. The van der Waals surface area contributed by atoms with Gasteiger partial charge < -0.3 is 10.5 Å². The monoisotopic (exact) mass is 276 g/mol. The fourth-order valence-corrected chi connectivity index (χ4v) is 2.87. The SMILES string of the molecule is CCCCOc1cccc(C(CN)N2CCCCC2)c1. The molecule has 1 fully saturated rings. The zero-order chi connectivity index (χ0) is 14.2. The van der Waals surface area contributed by atoms with Crippen molar-refractivity contribution in [1.29, 1.82) is 0 Å². The van der Waals surface area contributed by atoms with E-state index in [1.807, 2.05) is 6.07 Å². The summed E-state index contributed by atoms with van der Waals surface area (Å²) in [5.41, 5.74) is 7.32. The van der Waals surface area contributed by atoms with Crippen LogP contribution >= 0.6 is 0 Å². The van der Waals surface area contributed by atoms with Gasteiger partial charge in [0.25, 0.3) is 0 Å². The van der Waals surface area contributed by atoms with Crippen molar-refractivity contribution < 1.29 is 4.74 Å². The number of unbranched alkanes of at least 4 members (excludes halogenated alkanes) is 1. The topological polar surface area (TPSA) is 38.5 Å². The van der Waals surface area contributed by atoms with Gasteiger partial charge in [-0.2, -0.15) is 0 Å². The van der Waals surface area contributed by atoms with E-state index in [4.69, 9.17) is 10.5 Å². The molecule has 0 saturated carbocycles. The molecular weight excluding hydrogens is 248 g/mol. The van der Waals surface area contributed by atoms with Crippen LogP contribution in [0.4, 0.5) is 0 Å². The molecule has 2 rings (SSSR count). The van der Waals surface area contributed by atoms with E-state index >= 15 is 0 Å². The van der Waals surface area contributed by atoms with Crippen molar-refractivity contribution in [1.82, 2.24) is 4.90 Å². The van der Waals surface area contributed by atoms with Gasteiger partial charge in [-0.3, -0.25) is 4.90 Å². The molecule has 0 spiro atoms. The van der Waals surface area contributed by atoms with Crippen LogP contribution in [0.3, 0.4) is 0 Å². The molecule has 0 radical (unpaired) electrons. The fourth-order valence-electron chi connectivity index (χ4n) is 2.87. The Labute approximate surface area is 123 Å². The number of piperidine rings is 1. The molecule has 0 aliphatic carbocycles. The highest BCUT2D eigenvalue weighted by molar-refractivity contribution is 5.31. The number of nitrogens with two attached hydrogens (primary N) is 1. The lowest BCUT2D eigenvalue weighted by atomic mass is 10.0. The third kappa shape index (κ3) is 4.22. The Balaban J connectivity index is 2.02. The summed E-state index contributed by atoms with van der Waals surface area (Å²) in [6.45, 7) is 6.00. The maximum atomic E-state index is 6.02. The van der Waals surface area contributed by atoms with Crippen LogP contribution in [0.1, 0.15) is 50.6 Å². The third-order valence-corrected chi connectivity index (χ3v) is 4.06. The van der Waals surface area contributed by atoms with Crippen LogP contribution in [0.2, 0.25) is 0 Å². The molecule has 1 aliphatic rings. The molecule has 3 heteroatoms. The van der Waals surface area contributed by atoms with E-state index in [2.05, 4.69) is 30.0 Å². The van der Waals surface area contributed by atoms with Crippen LogP contribution in [0, 0.1) is 0 Å². The Hall–Kier alpha value is -1.06. The van der Waals surface area contributed by atoms with Crippen LogP contribution < -0.4 is 10.5 Å². The van der Waals surface area contributed by atoms with Crippen molar-refractivity contribution in [2.24, 2.45) is 5.73 Å². The Morgan fingerprint density at radius 2 is 2.05 bits per heavy atom. The standard InChI is InChI=1S/C17H28N2O/c1-2-3-12-20-16-9-7-8-15(13-16)17(14-18)19-10-5-4-6-11-19/h7-9,13,17H,2-6,10-12,14,18H2,1H3. The molecule has 1 atom stereocenters. The predicted molar refractivity (Wildman–Crippen MR) is 84.1 cm³/mol. The molecule has 1 heterocycles. The van der Waals surface area contributed by atoms with E-state index in [0.717, 1.165) is 18.8 Å². The van der Waals surface area contributed by atoms with Crippen molar-refractivity contribution >= 4 is 0 Å². The average Bonchev–Trinajstić information content (AvgIpc) is 2.50. The molecule has 0 amide bonds. The van der Waals surface area contributed by atoms with Gasteiger partial charge in [-0.25, -0.2) is 0 Å². The predicted octanol–water partition coefficient (Wildman–Crippen LogP) is 3.35. The molecule has 0 bridgehead atoms. The van der Waals surface area contributed by atoms with Crippen LogP contribution in [0.15, 0.2) is 24.3 Å². The summed E-state index contributed by atoms with van der Waals surface area (Å²) in [5, 5.41) is 0. The number of ether oxygens (including phenoxy) is 1. The van der Waals surface area contributed by atoms with E-state index in [9.17, 15) is 0 Å². The van der Waals surface area contributed by atoms with Gasteiger partial charge in [0.15, 0.2) is 0 Å². The van der Waals surface area contributed by atoms with E-state index < -0.39 is 0 Å². The first kappa shape index (κ1) is 15.3. The first-order chi connectivity index (χ1) is 9.85. The Morgan fingerprint density at radius 1 is 1.25 bits per heavy atom. The molecule has 1 unspecified atom stereocenters. The van der Waals surface area contributed by atoms with Crippen LogP contribution in [-0.2, 0) is 0 Å². The molecule has 112 valence electrons. The number of hydrogen-bond donors (Lipinski definition) is 1. The van der Waals surface area contributed by atoms with Gasteiger partial charge in [-0.15, -0.1) is 0 Å². The number of rotatable bonds is 7. The van der Waals surface area contributed by atoms with Gasteiger partial charge in [0.1, 0.15) is 5.75 Å². The largest absolute Gasteiger partial charge is 0.494 e. The van der Waals surface area contributed by atoms with Gasteiger partial charge >= 0.3 is 0 Å². The lowest BCUT2D eigenvalue weighted by Gasteiger charge is -2.34. The summed E-state index contributed by atoms with van der Waals surface area (Å²) in [6, 6.07) is 8.82. The van der Waals surface area contributed by atoms with Crippen LogP contribution in [0.25, 0.3) is 0 Å². The summed E-state index contributed by atoms with van der Waals surface area (Å²) >= 11 is 0. The summed E-state index contributed by atoms with van der Waals surface area (Å²) in [6.07, 6.45) is 6.22. The average molecular weight is 276 g/mol. The summed E-state index contributed by atoms with van der Waals surface area (Å²) in [7, 11) is 0. The highest BCUT2D eigenvalue weighted by Gasteiger charge is 2.21. The smallest absolute Gasteiger partial charge is 0.119 e. The Morgan fingerprint density at radius 3 is 2.75 bits per heavy atom. The Bertz CT molecular complexity index is 388. The minimum atomic E-state index is 0.338. The second kappa shape index (κ2) is 8.28. The van der Waals surface area contributed by atoms with E-state index in [0.29, 0.717) is 12.6 Å². The quantitative estimate of drug-likeness (QED) is 0.776. The molecule has 1 aliphatic heterocycles. The summed E-state index contributed by atoms with van der Waals surface area (Å²) in [4.78, 5) is 2.52. The lowest BCUT2D eigenvalue weighted by molar-refractivity contribution is 0.167. The molecule has 20 heavy (non-hydrogen) atoms. The maximum absolute atomic E-state index is 6.02. The van der Waals surface area contributed by atoms with Crippen molar-refractivity contribution in [3.63, 3.8) is 0 Å². The fraction of sp³-hybridized carbons (Fsp3) is 0.647. The minimum absolute atomic E-state index is 0.338. The first-order valence-corrected chi connectivity index (χ1v) is 8.02. The van der Waals surface area contributed by atoms with Crippen LogP contribution in [-0.4, -0.2) is 31.1 Å². The highest BCUT2D eigenvalue weighted by Crippen LogP contribution is 2.26. The first-order valence-electron chi connectivity index (χ1n) is 8.02. The molecule has 1 saturated heterocycles. The molecule has 3 nitrogen and oxygen atoms in total. The molecule has 1 aromatic carbocycles.